The molecule has 0 fully saturated rings. The second-order valence-corrected chi connectivity index (χ2v) is 34.3. The summed E-state index contributed by atoms with van der Waals surface area (Å²) in [7, 11) is 0. The van der Waals surface area contributed by atoms with Gasteiger partial charge < -0.3 is 32.5 Å². The Morgan fingerprint density at radius 1 is 0.195 bits per heavy atom. The van der Waals surface area contributed by atoms with Crippen molar-refractivity contribution >= 4 is 246 Å². The summed E-state index contributed by atoms with van der Waals surface area (Å²) in [5, 5.41) is 19.6. The van der Waals surface area contributed by atoms with Crippen LogP contribution in [0.15, 0.2) is 376 Å². The second-order valence-electron chi connectivity index (χ2n) is 32.2. The van der Waals surface area contributed by atoms with Gasteiger partial charge in [0.15, 0.2) is 0 Å². The van der Waals surface area contributed by atoms with E-state index in [0.29, 0.717) is 0 Å². The summed E-state index contributed by atoms with van der Waals surface area (Å²) in [6, 6.07) is 143. The van der Waals surface area contributed by atoms with Gasteiger partial charge in [-0.05, 0) is 210 Å². The highest BCUT2D eigenvalue weighted by atomic mass is 32.1. The Morgan fingerprint density at radius 3 is 0.924 bits per heavy atom. The molecule has 2 aliphatic heterocycles. The predicted molar refractivity (Wildman–Crippen MR) is 504 cm³/mol. The maximum absolute atomic E-state index is 2.73. The Morgan fingerprint density at radius 2 is 0.517 bits per heavy atom. The highest BCUT2D eigenvalue weighted by Gasteiger charge is 2.46. The lowest BCUT2D eigenvalue weighted by Gasteiger charge is -2.45. The lowest BCUT2D eigenvalue weighted by molar-refractivity contribution is 1.18. The molecule has 8 aromatic heterocycles. The summed E-state index contributed by atoms with van der Waals surface area (Å²) in [6.07, 6.45) is 0. The molecule has 18 aromatic carbocycles. The molecule has 2 aliphatic rings. The van der Waals surface area contributed by atoms with Crippen molar-refractivity contribution in [3.8, 4) is 33.9 Å². The average molecular weight is 1530 g/mol. The number of nitrogens with zero attached hydrogens (tertiary/aromatic N) is 7. The van der Waals surface area contributed by atoms with E-state index in [9.17, 15) is 0 Å². The number of benzene rings is 18. The van der Waals surface area contributed by atoms with Gasteiger partial charge in [0.05, 0.1) is 72.1 Å². The standard InChI is InChI=1S/C108H62BN7S2/c1-3-25-65(26-4-1)110-91-43-21-13-35-75(91)105-93(110)45-23-47-95(105)114-97-59-79-77-57-67(112-85-37-15-7-29-69(85)70-30-8-16-38-86(70)112)49-51-101(77)117-103(79)61-83(97)109-84-62-104-80(78-58-68(50-52-102(78)118-104)113-87-39-17-9-31-71(87)72-32-10-18-40-88(72)113)60-98(84)115(96-48-24-46-94-106(96)76-36-14-22-44-92(76)111(94)66-27-5-2-6-28-66)100-56-64(55-99(114)107(100)109)63-53-81-73-33-11-19-41-89(73)116-90-42-20-12-34-74(90)82(54-63)108(81)116/h1-62H. The van der Waals surface area contributed by atoms with Gasteiger partial charge >= 0.3 is 0 Å². The number of aromatic nitrogens is 5. The molecule has 0 saturated heterocycles. The van der Waals surface area contributed by atoms with E-state index in [1.54, 1.807) is 0 Å². The van der Waals surface area contributed by atoms with E-state index in [-0.39, 0.29) is 6.71 Å². The zero-order valence-corrected chi connectivity index (χ0v) is 65.0. The first-order valence-corrected chi connectivity index (χ1v) is 42.3. The number of para-hydroxylation sites is 10. The molecule has 10 heteroatoms. The van der Waals surface area contributed by atoms with Crippen LogP contribution in [-0.2, 0) is 0 Å². The van der Waals surface area contributed by atoms with Gasteiger partial charge in [-0.25, -0.2) is 0 Å². The normalized spacial score (nSPS) is 13.0. The molecule has 0 spiro atoms. The highest BCUT2D eigenvalue weighted by Crippen LogP contribution is 2.55. The van der Waals surface area contributed by atoms with Gasteiger partial charge in [-0.3, -0.25) is 0 Å². The van der Waals surface area contributed by atoms with Crippen LogP contribution in [0.25, 0.3) is 200 Å². The van der Waals surface area contributed by atoms with Crippen LogP contribution in [0.3, 0.4) is 0 Å². The van der Waals surface area contributed by atoms with Gasteiger partial charge in [0, 0.05) is 150 Å². The van der Waals surface area contributed by atoms with Gasteiger partial charge in [0.2, 0.25) is 0 Å². The van der Waals surface area contributed by atoms with Crippen molar-refractivity contribution in [2.45, 2.75) is 0 Å². The number of hydrogen-bond donors (Lipinski definition) is 0. The third-order valence-electron chi connectivity index (χ3n) is 26.3. The molecule has 0 saturated carbocycles. The maximum atomic E-state index is 2.73. The van der Waals surface area contributed by atoms with E-state index in [0.717, 1.165) is 90.1 Å². The van der Waals surface area contributed by atoms with Crippen molar-refractivity contribution in [2.75, 3.05) is 9.80 Å². The van der Waals surface area contributed by atoms with E-state index < -0.39 is 0 Å². The SMILES string of the molecule is c1ccc(-n2c3ccccc3c3c(N4c5cc6c(cc5B5c7cc8sc9ccc(-n%10c%11ccccc%11c%11ccccc%11%10)cc9c8cc7N(c7cccc8c7c7ccccc7n8-c7ccccc7)c7cc(-c8cc9c%10ccccc%10n%10c%11ccccc%11c(c8)c9%10)cc4c75)sc4ccc(-n5c7ccccc7c7ccccc75)cc46)cccc32)cc1. The molecule has 0 bridgehead atoms. The van der Waals surface area contributed by atoms with Crippen LogP contribution < -0.4 is 26.2 Å². The molecule has 0 radical (unpaired) electrons. The van der Waals surface area contributed by atoms with Crippen molar-refractivity contribution in [2.24, 2.45) is 0 Å². The van der Waals surface area contributed by atoms with Gasteiger partial charge in [-0.2, -0.15) is 0 Å². The number of hydrogen-bond acceptors (Lipinski definition) is 4. The predicted octanol–water partition coefficient (Wildman–Crippen LogP) is 27.7. The molecule has 10 heterocycles. The smallest absolute Gasteiger partial charge is 0.252 e. The minimum absolute atomic E-state index is 0.262. The summed E-state index contributed by atoms with van der Waals surface area (Å²) in [4.78, 5) is 5.46. The van der Waals surface area contributed by atoms with Crippen LogP contribution in [0.1, 0.15) is 0 Å². The summed E-state index contributed by atoms with van der Waals surface area (Å²) < 4.78 is 17.4. The number of fused-ring (bicyclic) bond motifs is 28. The molecular formula is C108H62BN7S2. The van der Waals surface area contributed by atoms with Crippen molar-refractivity contribution in [1.29, 1.82) is 0 Å². The molecule has 0 atom stereocenters. The largest absolute Gasteiger partial charge is 0.311 e. The summed E-state index contributed by atoms with van der Waals surface area (Å²) in [5.74, 6) is 0. The quantitative estimate of drug-likeness (QED) is 0.149. The van der Waals surface area contributed by atoms with Crippen LogP contribution in [0.2, 0.25) is 0 Å². The van der Waals surface area contributed by atoms with Crippen molar-refractivity contribution in [1.82, 2.24) is 22.7 Å². The van der Waals surface area contributed by atoms with Gasteiger partial charge in [-0.15, -0.1) is 22.7 Å². The Bertz CT molecular complexity index is 8320. The summed E-state index contributed by atoms with van der Waals surface area (Å²) in [6.45, 7) is -0.262. The van der Waals surface area contributed by atoms with Crippen LogP contribution >= 0.6 is 22.7 Å². The van der Waals surface area contributed by atoms with E-state index in [4.69, 9.17) is 0 Å². The maximum Gasteiger partial charge on any atom is 0.252 e. The average Bonchev–Trinajstić information content (AvgIpc) is 1.13. The van der Waals surface area contributed by atoms with Crippen LogP contribution in [0, 0.1) is 0 Å². The summed E-state index contributed by atoms with van der Waals surface area (Å²) in [5.41, 5.74) is 30.4. The van der Waals surface area contributed by atoms with Gasteiger partial charge in [0.25, 0.3) is 6.71 Å². The Hall–Kier alpha value is -14.9. The first kappa shape index (κ1) is 63.5. The number of anilines is 6. The molecule has 0 N–H and O–H groups in total. The number of thiophene rings is 2. The lowest BCUT2D eigenvalue weighted by Crippen LogP contribution is -2.61. The first-order valence-electron chi connectivity index (χ1n) is 40.7. The number of rotatable bonds is 7. The van der Waals surface area contributed by atoms with Gasteiger partial charge in [-0.1, -0.05) is 194 Å². The molecule has 26 aromatic rings. The van der Waals surface area contributed by atoms with Crippen LogP contribution in [-0.4, -0.2) is 29.4 Å². The third-order valence-corrected chi connectivity index (χ3v) is 28.6. The monoisotopic (exact) mass is 1530 g/mol. The fourth-order valence-corrected chi connectivity index (χ4v) is 23.8. The summed E-state index contributed by atoms with van der Waals surface area (Å²) >= 11 is 3.83. The van der Waals surface area contributed by atoms with Crippen molar-refractivity contribution < 1.29 is 0 Å². The Labute approximate surface area is 683 Å². The third kappa shape index (κ3) is 8.40. The van der Waals surface area contributed by atoms with Crippen LogP contribution in [0.5, 0.6) is 0 Å². The van der Waals surface area contributed by atoms with Crippen LogP contribution in [0.4, 0.5) is 34.1 Å². The zero-order valence-electron chi connectivity index (χ0n) is 63.3. The minimum atomic E-state index is -0.262. The highest BCUT2D eigenvalue weighted by molar-refractivity contribution is 7.26. The van der Waals surface area contributed by atoms with Crippen molar-refractivity contribution in [3.05, 3.63) is 376 Å². The molecule has 0 aliphatic carbocycles. The Balaban J connectivity index is 0.798. The molecule has 0 unspecified atom stereocenters. The molecule has 7 nitrogen and oxygen atoms in total. The lowest BCUT2D eigenvalue weighted by atomic mass is 9.33. The fraction of sp³-hybridized carbons (Fsp3) is 0. The Kier molecular flexibility index (Phi) is 12.6. The van der Waals surface area contributed by atoms with E-state index in [2.05, 4.69) is 409 Å². The second kappa shape index (κ2) is 23.4. The zero-order chi connectivity index (χ0) is 76.4. The molecule has 544 valence electrons. The molecular weight excluding hydrogens is 1470 g/mol. The van der Waals surface area contributed by atoms with E-state index >= 15 is 0 Å². The van der Waals surface area contributed by atoms with Crippen molar-refractivity contribution in [3.63, 3.8) is 0 Å². The molecule has 118 heavy (non-hydrogen) atoms. The van der Waals surface area contributed by atoms with E-state index in [1.165, 1.54) is 160 Å². The topological polar surface area (TPSA) is 30.6 Å². The molecule has 0 amide bonds. The van der Waals surface area contributed by atoms with Gasteiger partial charge in [0.1, 0.15) is 0 Å². The van der Waals surface area contributed by atoms with E-state index in [1.807, 2.05) is 22.7 Å². The molecule has 28 rings (SSSR count). The fourth-order valence-electron chi connectivity index (χ4n) is 21.6. The first-order chi connectivity index (χ1) is 58.6. The minimum Gasteiger partial charge on any atom is -0.311 e.